The van der Waals surface area contributed by atoms with Crippen LogP contribution < -0.4 is 10.6 Å². The predicted octanol–water partition coefficient (Wildman–Crippen LogP) is 4.58. The molecule has 1 aliphatic rings. The van der Waals surface area contributed by atoms with E-state index in [1.54, 1.807) is 24.3 Å². The average molecular weight is 442 g/mol. The second-order valence-electron chi connectivity index (χ2n) is 8.76. The van der Waals surface area contributed by atoms with Crippen LogP contribution >= 0.6 is 11.6 Å². The standard InChI is InChI=1S/C25H32ClN3O2/c1-25(2,29-15-9-4-10-16-29)18-27-23(30)17-22(19-11-5-3-6-12-19)28-24(31)20-13-7-8-14-21(20)26/h3,5-8,11-14,22H,4,9-10,15-18H2,1-2H3,(H,27,30)(H,28,31). The summed E-state index contributed by atoms with van der Waals surface area (Å²) in [5.74, 6) is -0.376. The fourth-order valence-corrected chi connectivity index (χ4v) is 4.22. The predicted molar refractivity (Wildman–Crippen MR) is 125 cm³/mol. The second kappa shape index (κ2) is 10.8. The lowest BCUT2D eigenvalue weighted by molar-refractivity contribution is -0.122. The smallest absolute Gasteiger partial charge is 0.253 e. The van der Waals surface area contributed by atoms with Crippen LogP contribution in [0.1, 0.15) is 61.5 Å². The van der Waals surface area contributed by atoms with Crippen molar-refractivity contribution in [1.82, 2.24) is 15.5 Å². The van der Waals surface area contributed by atoms with Gasteiger partial charge in [0.2, 0.25) is 5.91 Å². The molecule has 5 nitrogen and oxygen atoms in total. The molecule has 0 radical (unpaired) electrons. The van der Waals surface area contributed by atoms with Gasteiger partial charge in [-0.2, -0.15) is 0 Å². The van der Waals surface area contributed by atoms with Crippen molar-refractivity contribution in [2.75, 3.05) is 19.6 Å². The fraction of sp³-hybridized carbons (Fsp3) is 0.440. The van der Waals surface area contributed by atoms with Crippen LogP contribution in [0.2, 0.25) is 5.02 Å². The van der Waals surface area contributed by atoms with Crippen LogP contribution in [0.4, 0.5) is 0 Å². The van der Waals surface area contributed by atoms with Crippen molar-refractivity contribution in [2.24, 2.45) is 0 Å². The van der Waals surface area contributed by atoms with Gasteiger partial charge in [0.05, 0.1) is 23.0 Å². The van der Waals surface area contributed by atoms with Gasteiger partial charge in [-0.05, 0) is 57.5 Å². The Morgan fingerprint density at radius 2 is 1.65 bits per heavy atom. The highest BCUT2D eigenvalue weighted by Gasteiger charge is 2.29. The number of nitrogens with zero attached hydrogens (tertiary/aromatic N) is 1. The minimum Gasteiger partial charge on any atom is -0.354 e. The molecule has 1 saturated heterocycles. The molecule has 2 aromatic carbocycles. The van der Waals surface area contributed by atoms with E-state index in [0.717, 1.165) is 18.7 Å². The van der Waals surface area contributed by atoms with E-state index < -0.39 is 6.04 Å². The van der Waals surface area contributed by atoms with Crippen LogP contribution in [-0.2, 0) is 4.79 Å². The third-order valence-corrected chi connectivity index (χ3v) is 6.28. The number of benzene rings is 2. The summed E-state index contributed by atoms with van der Waals surface area (Å²) in [6, 6.07) is 16.0. The van der Waals surface area contributed by atoms with Gasteiger partial charge >= 0.3 is 0 Å². The number of carbonyl (C=O) groups excluding carboxylic acids is 2. The lowest BCUT2D eigenvalue weighted by Crippen LogP contribution is -2.53. The first-order valence-corrected chi connectivity index (χ1v) is 11.4. The summed E-state index contributed by atoms with van der Waals surface area (Å²) in [4.78, 5) is 28.1. The Labute approximate surface area is 190 Å². The highest BCUT2D eigenvalue weighted by atomic mass is 35.5. The number of nitrogens with one attached hydrogen (secondary N) is 2. The Bertz CT molecular complexity index is 879. The first-order valence-electron chi connectivity index (χ1n) is 11.0. The van der Waals surface area contributed by atoms with E-state index in [4.69, 9.17) is 11.6 Å². The second-order valence-corrected chi connectivity index (χ2v) is 9.16. The van der Waals surface area contributed by atoms with Crippen molar-refractivity contribution in [2.45, 2.75) is 51.1 Å². The normalized spacial score (nSPS) is 15.8. The van der Waals surface area contributed by atoms with E-state index >= 15 is 0 Å². The van der Waals surface area contributed by atoms with Gasteiger partial charge in [-0.15, -0.1) is 0 Å². The van der Waals surface area contributed by atoms with E-state index in [1.807, 2.05) is 30.3 Å². The summed E-state index contributed by atoms with van der Waals surface area (Å²) in [5.41, 5.74) is 1.18. The fourth-order valence-electron chi connectivity index (χ4n) is 4.00. The summed E-state index contributed by atoms with van der Waals surface area (Å²) in [6.45, 7) is 7.07. The molecule has 31 heavy (non-hydrogen) atoms. The number of likely N-dealkylation sites (tertiary alicyclic amines) is 1. The number of hydrogen-bond acceptors (Lipinski definition) is 3. The number of amides is 2. The molecule has 1 heterocycles. The van der Waals surface area contributed by atoms with Gasteiger partial charge in [0, 0.05) is 12.1 Å². The molecule has 1 aliphatic heterocycles. The topological polar surface area (TPSA) is 61.4 Å². The molecule has 3 rings (SSSR count). The minimum absolute atomic E-state index is 0.0848. The summed E-state index contributed by atoms with van der Waals surface area (Å²) in [6.07, 6.45) is 3.86. The van der Waals surface area contributed by atoms with Crippen molar-refractivity contribution >= 4 is 23.4 Å². The SMILES string of the molecule is CC(C)(CNC(=O)CC(NC(=O)c1ccccc1Cl)c1ccccc1)N1CCCCC1. The van der Waals surface area contributed by atoms with E-state index in [0.29, 0.717) is 17.1 Å². The van der Waals surface area contributed by atoms with E-state index in [2.05, 4.69) is 29.4 Å². The quantitative estimate of drug-likeness (QED) is 0.630. The zero-order valence-corrected chi connectivity index (χ0v) is 19.1. The highest BCUT2D eigenvalue weighted by Crippen LogP contribution is 2.22. The van der Waals surface area contributed by atoms with Gasteiger partial charge in [0.1, 0.15) is 0 Å². The van der Waals surface area contributed by atoms with Gasteiger partial charge in [0.25, 0.3) is 5.91 Å². The largest absolute Gasteiger partial charge is 0.354 e. The van der Waals surface area contributed by atoms with Crippen LogP contribution in [-0.4, -0.2) is 41.9 Å². The Hall–Kier alpha value is -2.37. The lowest BCUT2D eigenvalue weighted by atomic mass is 9.98. The van der Waals surface area contributed by atoms with Gasteiger partial charge in [-0.1, -0.05) is 60.5 Å². The van der Waals surface area contributed by atoms with Crippen molar-refractivity contribution < 1.29 is 9.59 Å². The van der Waals surface area contributed by atoms with Gasteiger partial charge in [-0.3, -0.25) is 14.5 Å². The highest BCUT2D eigenvalue weighted by molar-refractivity contribution is 6.33. The molecule has 2 aromatic rings. The molecule has 6 heteroatoms. The average Bonchev–Trinajstić information content (AvgIpc) is 2.79. The summed E-state index contributed by atoms with van der Waals surface area (Å²) < 4.78 is 0. The molecule has 0 aromatic heterocycles. The number of piperidine rings is 1. The molecule has 1 unspecified atom stereocenters. The van der Waals surface area contributed by atoms with Crippen LogP contribution in [0.5, 0.6) is 0 Å². The molecular weight excluding hydrogens is 410 g/mol. The van der Waals surface area contributed by atoms with Gasteiger partial charge in [0.15, 0.2) is 0 Å². The third kappa shape index (κ3) is 6.55. The van der Waals surface area contributed by atoms with E-state index in [1.165, 1.54) is 19.3 Å². The summed E-state index contributed by atoms with van der Waals surface area (Å²) in [5, 5.41) is 6.46. The molecule has 1 atom stereocenters. The van der Waals surface area contributed by atoms with Crippen LogP contribution in [0.25, 0.3) is 0 Å². The van der Waals surface area contributed by atoms with Crippen LogP contribution in [0, 0.1) is 0 Å². The van der Waals surface area contributed by atoms with Crippen LogP contribution in [0.15, 0.2) is 54.6 Å². The monoisotopic (exact) mass is 441 g/mol. The third-order valence-electron chi connectivity index (χ3n) is 5.95. The lowest BCUT2D eigenvalue weighted by Gasteiger charge is -2.41. The molecule has 0 spiro atoms. The maximum atomic E-state index is 12.8. The Morgan fingerprint density at radius 3 is 2.32 bits per heavy atom. The summed E-state index contributed by atoms with van der Waals surface area (Å²) in [7, 11) is 0. The first kappa shape index (κ1) is 23.3. The van der Waals surface area contributed by atoms with Gasteiger partial charge in [-0.25, -0.2) is 0 Å². The maximum Gasteiger partial charge on any atom is 0.253 e. The molecule has 2 N–H and O–H groups in total. The number of carbonyl (C=O) groups is 2. The van der Waals surface area contributed by atoms with Crippen molar-refractivity contribution in [3.63, 3.8) is 0 Å². The number of halogens is 1. The number of rotatable bonds is 8. The summed E-state index contributed by atoms with van der Waals surface area (Å²) >= 11 is 6.18. The molecular formula is C25H32ClN3O2. The molecule has 2 amide bonds. The molecule has 166 valence electrons. The Balaban J connectivity index is 1.65. The minimum atomic E-state index is -0.442. The van der Waals surface area contributed by atoms with Gasteiger partial charge < -0.3 is 10.6 Å². The molecule has 0 bridgehead atoms. The Morgan fingerprint density at radius 1 is 1.00 bits per heavy atom. The molecule has 1 fully saturated rings. The van der Waals surface area contributed by atoms with Crippen LogP contribution in [0.3, 0.4) is 0 Å². The van der Waals surface area contributed by atoms with Crippen molar-refractivity contribution in [1.29, 1.82) is 0 Å². The van der Waals surface area contributed by atoms with E-state index in [-0.39, 0.29) is 23.8 Å². The van der Waals surface area contributed by atoms with Crippen molar-refractivity contribution in [3.05, 3.63) is 70.7 Å². The zero-order valence-electron chi connectivity index (χ0n) is 18.4. The van der Waals surface area contributed by atoms with E-state index in [9.17, 15) is 9.59 Å². The Kier molecular flexibility index (Phi) is 8.10. The zero-order chi connectivity index (χ0) is 22.3. The van der Waals surface area contributed by atoms with Crippen molar-refractivity contribution in [3.8, 4) is 0 Å². The number of hydrogen-bond donors (Lipinski definition) is 2. The molecule has 0 saturated carbocycles. The maximum absolute atomic E-state index is 12.8. The first-order chi connectivity index (χ1) is 14.9. The molecule has 0 aliphatic carbocycles.